The summed E-state index contributed by atoms with van der Waals surface area (Å²) in [7, 11) is 0. The summed E-state index contributed by atoms with van der Waals surface area (Å²) in [6, 6.07) is 0. The molecule has 3 rings (SSSR count). The minimum atomic E-state index is -0.0681. The molecule has 0 aromatic carbocycles. The van der Waals surface area contributed by atoms with Crippen LogP contribution in [0.25, 0.3) is 0 Å². The van der Waals surface area contributed by atoms with Crippen molar-refractivity contribution >= 4 is 5.97 Å². The molecule has 0 spiro atoms. The summed E-state index contributed by atoms with van der Waals surface area (Å²) < 4.78 is 11.5. The number of hydrogen-bond acceptors (Lipinski definition) is 3. The van der Waals surface area contributed by atoms with E-state index in [1.807, 2.05) is 6.92 Å². The first-order chi connectivity index (χ1) is 8.51. The lowest BCUT2D eigenvalue weighted by Gasteiger charge is -2.20. The molecule has 1 unspecified atom stereocenters. The van der Waals surface area contributed by atoms with Gasteiger partial charge in [-0.1, -0.05) is 18.6 Å². The maximum absolute atomic E-state index is 11.8. The summed E-state index contributed by atoms with van der Waals surface area (Å²) in [5, 5.41) is 0. The molecule has 0 radical (unpaired) electrons. The fourth-order valence-corrected chi connectivity index (χ4v) is 3.46. The topological polar surface area (TPSA) is 38.8 Å². The lowest BCUT2D eigenvalue weighted by atomic mass is 9.81. The second kappa shape index (κ2) is 4.09. The number of carbonyl (C=O) groups is 1. The zero-order chi connectivity index (χ0) is 12.9. The van der Waals surface area contributed by atoms with Gasteiger partial charge in [-0.15, -0.1) is 0 Å². The largest absolute Gasteiger partial charge is 0.459 e. The van der Waals surface area contributed by atoms with Crippen molar-refractivity contribution in [3.8, 4) is 0 Å². The van der Waals surface area contributed by atoms with Crippen LogP contribution in [0.2, 0.25) is 0 Å². The summed E-state index contributed by atoms with van der Waals surface area (Å²) in [5.41, 5.74) is 1.37. The second-order valence-corrected chi connectivity index (χ2v) is 6.33. The lowest BCUT2D eigenvalue weighted by Crippen LogP contribution is -2.29. The summed E-state index contributed by atoms with van der Waals surface area (Å²) in [4.78, 5) is 11.8. The van der Waals surface area contributed by atoms with Gasteiger partial charge in [0.25, 0.3) is 0 Å². The number of ether oxygens (including phenoxy) is 2. The van der Waals surface area contributed by atoms with Crippen molar-refractivity contribution in [1.29, 1.82) is 0 Å². The Morgan fingerprint density at radius 2 is 2.22 bits per heavy atom. The van der Waals surface area contributed by atoms with Crippen molar-refractivity contribution in [1.82, 2.24) is 0 Å². The smallest absolute Gasteiger partial charge is 0.309 e. The van der Waals surface area contributed by atoms with Gasteiger partial charge in [0.1, 0.15) is 12.2 Å². The maximum atomic E-state index is 11.8. The van der Waals surface area contributed by atoms with E-state index in [-0.39, 0.29) is 29.7 Å². The third-order valence-corrected chi connectivity index (χ3v) is 4.93. The van der Waals surface area contributed by atoms with Gasteiger partial charge in [0.05, 0.1) is 11.5 Å². The molecule has 0 bridgehead atoms. The molecule has 1 aliphatic carbocycles. The van der Waals surface area contributed by atoms with Crippen molar-refractivity contribution in [2.75, 3.05) is 0 Å². The number of hydrogen-bond donors (Lipinski definition) is 0. The number of allylic oxidation sites excluding steroid dienone is 2. The van der Waals surface area contributed by atoms with Crippen molar-refractivity contribution in [3.05, 3.63) is 11.6 Å². The molecular formula is C15H22O3. The molecule has 18 heavy (non-hydrogen) atoms. The Kier molecular flexibility index (Phi) is 2.77. The van der Waals surface area contributed by atoms with Crippen molar-refractivity contribution in [2.45, 2.75) is 64.3 Å². The highest BCUT2D eigenvalue weighted by atomic mass is 16.6. The van der Waals surface area contributed by atoms with Gasteiger partial charge in [-0.2, -0.15) is 0 Å². The van der Waals surface area contributed by atoms with Gasteiger partial charge in [0.15, 0.2) is 0 Å². The van der Waals surface area contributed by atoms with E-state index in [1.165, 1.54) is 5.57 Å². The molecule has 0 saturated carbocycles. The first kappa shape index (κ1) is 12.2. The van der Waals surface area contributed by atoms with Crippen LogP contribution >= 0.6 is 0 Å². The highest BCUT2D eigenvalue weighted by Crippen LogP contribution is 2.50. The maximum Gasteiger partial charge on any atom is 0.309 e. The van der Waals surface area contributed by atoms with Crippen LogP contribution in [-0.2, 0) is 14.3 Å². The molecule has 3 heteroatoms. The minimum absolute atomic E-state index is 0.0107. The first-order valence-electron chi connectivity index (χ1n) is 7.05. The fourth-order valence-electron chi connectivity index (χ4n) is 3.46. The van der Waals surface area contributed by atoms with Gasteiger partial charge < -0.3 is 9.47 Å². The molecule has 0 N–H and O–H groups in total. The van der Waals surface area contributed by atoms with Crippen molar-refractivity contribution < 1.29 is 14.3 Å². The van der Waals surface area contributed by atoms with Crippen LogP contribution in [0.4, 0.5) is 0 Å². The van der Waals surface area contributed by atoms with E-state index < -0.39 is 0 Å². The normalized spacial score (nSPS) is 50.6. The molecular weight excluding hydrogens is 228 g/mol. The number of carbonyl (C=O) groups excluding carboxylic acids is 1. The van der Waals surface area contributed by atoms with E-state index in [0.717, 1.165) is 25.7 Å². The van der Waals surface area contributed by atoms with Crippen LogP contribution in [0.3, 0.4) is 0 Å². The van der Waals surface area contributed by atoms with Gasteiger partial charge in [0, 0.05) is 5.92 Å². The molecule has 100 valence electrons. The molecule has 2 fully saturated rings. The molecule has 0 aromatic heterocycles. The van der Waals surface area contributed by atoms with E-state index in [1.54, 1.807) is 0 Å². The Morgan fingerprint density at radius 3 is 3.00 bits per heavy atom. The van der Waals surface area contributed by atoms with Crippen molar-refractivity contribution in [3.63, 3.8) is 0 Å². The Balaban J connectivity index is 1.85. The first-order valence-corrected chi connectivity index (χ1v) is 7.05. The zero-order valence-corrected chi connectivity index (χ0v) is 11.4. The van der Waals surface area contributed by atoms with Crippen LogP contribution < -0.4 is 0 Å². The monoisotopic (exact) mass is 250 g/mol. The van der Waals surface area contributed by atoms with E-state index in [4.69, 9.17) is 9.47 Å². The molecule has 2 saturated heterocycles. The highest BCUT2D eigenvalue weighted by Gasteiger charge is 2.61. The average molecular weight is 250 g/mol. The summed E-state index contributed by atoms with van der Waals surface area (Å²) >= 11 is 0. The van der Waals surface area contributed by atoms with E-state index >= 15 is 0 Å². The van der Waals surface area contributed by atoms with Crippen LogP contribution in [-0.4, -0.2) is 23.8 Å². The van der Waals surface area contributed by atoms with Crippen molar-refractivity contribution in [2.24, 2.45) is 11.8 Å². The third kappa shape index (κ3) is 1.89. The fraction of sp³-hybridized carbons (Fsp3) is 0.800. The van der Waals surface area contributed by atoms with Crippen LogP contribution in [0, 0.1) is 11.8 Å². The Morgan fingerprint density at radius 1 is 1.44 bits per heavy atom. The average Bonchev–Trinajstić information content (AvgIpc) is 2.90. The standard InChI is InChI=1S/C15H22O3/c1-9-5-4-8-15(3)13(18-15)12-11(7-6-9)10(2)14(16)17-12/h5,10-13H,4,6-8H2,1-3H3/b9-5+/t10?,11-,12-,13+,15+/m0/s1. The van der Waals surface area contributed by atoms with Crippen LogP contribution in [0.15, 0.2) is 11.6 Å². The number of esters is 1. The Bertz CT molecular complexity index is 401. The van der Waals surface area contributed by atoms with E-state index in [0.29, 0.717) is 5.92 Å². The predicted molar refractivity (Wildman–Crippen MR) is 68.0 cm³/mol. The van der Waals surface area contributed by atoms with E-state index in [9.17, 15) is 4.79 Å². The molecule has 2 heterocycles. The molecule has 0 aromatic rings. The quantitative estimate of drug-likeness (QED) is 0.377. The van der Waals surface area contributed by atoms with Gasteiger partial charge in [-0.05, 0) is 39.5 Å². The number of fused-ring (bicyclic) bond motifs is 3. The summed E-state index contributed by atoms with van der Waals surface area (Å²) in [5.74, 6) is 0.310. The summed E-state index contributed by atoms with van der Waals surface area (Å²) in [6.45, 7) is 6.33. The van der Waals surface area contributed by atoms with Crippen LogP contribution in [0.1, 0.15) is 46.5 Å². The van der Waals surface area contributed by atoms with Crippen LogP contribution in [0.5, 0.6) is 0 Å². The molecule has 3 nitrogen and oxygen atoms in total. The van der Waals surface area contributed by atoms with E-state index in [2.05, 4.69) is 19.9 Å². The number of rotatable bonds is 0. The lowest BCUT2D eigenvalue weighted by molar-refractivity contribution is -0.144. The van der Waals surface area contributed by atoms with Gasteiger partial charge in [-0.3, -0.25) is 4.79 Å². The van der Waals surface area contributed by atoms with Gasteiger partial charge >= 0.3 is 5.97 Å². The minimum Gasteiger partial charge on any atom is -0.459 e. The molecule has 5 atom stereocenters. The Hall–Kier alpha value is -0.830. The molecule has 2 aliphatic heterocycles. The number of epoxide rings is 1. The second-order valence-electron chi connectivity index (χ2n) is 6.33. The Labute approximate surface area is 109 Å². The molecule has 0 amide bonds. The zero-order valence-electron chi connectivity index (χ0n) is 11.4. The predicted octanol–water partition coefficient (Wildman–Crippen LogP) is 2.84. The van der Waals surface area contributed by atoms with Gasteiger partial charge in [-0.25, -0.2) is 0 Å². The van der Waals surface area contributed by atoms with Gasteiger partial charge in [0.2, 0.25) is 0 Å². The SMILES string of the molecule is C/C1=C\CC[C@@]2(C)O[C@@H]2[C@H]2OC(=O)C(C)[C@@H]2CC1. The third-order valence-electron chi connectivity index (χ3n) is 4.93. The highest BCUT2D eigenvalue weighted by molar-refractivity contribution is 5.75. The summed E-state index contributed by atoms with van der Waals surface area (Å²) in [6.07, 6.45) is 6.66. The molecule has 3 aliphatic rings.